The molecule has 0 radical (unpaired) electrons. The zero-order valence-corrected chi connectivity index (χ0v) is 9.41. The summed E-state index contributed by atoms with van der Waals surface area (Å²) in [4.78, 5) is 13.9. The summed E-state index contributed by atoms with van der Waals surface area (Å²) in [7, 11) is 0. The zero-order valence-electron chi connectivity index (χ0n) is 9.41. The van der Waals surface area contributed by atoms with E-state index in [9.17, 15) is 10.1 Å². The van der Waals surface area contributed by atoms with Crippen LogP contribution in [0.3, 0.4) is 0 Å². The number of hydrogen-bond acceptors (Lipinski definition) is 5. The zero-order chi connectivity index (χ0) is 12.3. The van der Waals surface area contributed by atoms with Gasteiger partial charge >= 0.3 is 0 Å². The Morgan fingerprint density at radius 2 is 2.06 bits per heavy atom. The van der Waals surface area contributed by atoms with E-state index in [0.717, 1.165) is 25.7 Å². The molecule has 0 unspecified atom stereocenters. The van der Waals surface area contributed by atoms with E-state index in [4.69, 9.17) is 10.5 Å². The standard InChI is InChI=1S/C11H15N3O3/c12-8-1-4-10(5-2-8)17-11-6-3-9(7-13-11)14(15)16/h3,6-8,10H,1-2,4-5,12H2/t8-,10-. The summed E-state index contributed by atoms with van der Waals surface area (Å²) in [6.45, 7) is 0. The van der Waals surface area contributed by atoms with Gasteiger partial charge in [0.2, 0.25) is 5.88 Å². The third kappa shape index (κ3) is 3.13. The molecule has 2 rings (SSSR count). The number of ether oxygens (including phenoxy) is 1. The first-order chi connectivity index (χ1) is 8.15. The van der Waals surface area contributed by atoms with Gasteiger partial charge in [-0.25, -0.2) is 4.98 Å². The topological polar surface area (TPSA) is 91.3 Å². The maximum atomic E-state index is 10.4. The fraction of sp³-hybridized carbons (Fsp3) is 0.545. The van der Waals surface area contributed by atoms with Gasteiger partial charge in [0.25, 0.3) is 5.69 Å². The Labute approximate surface area is 98.9 Å². The molecule has 0 spiro atoms. The smallest absolute Gasteiger partial charge is 0.287 e. The lowest BCUT2D eigenvalue weighted by atomic mass is 9.94. The van der Waals surface area contributed by atoms with Crippen LogP contribution in [0, 0.1) is 10.1 Å². The van der Waals surface area contributed by atoms with Gasteiger partial charge in [0.15, 0.2) is 0 Å². The van der Waals surface area contributed by atoms with Crippen molar-refractivity contribution in [3.05, 3.63) is 28.4 Å². The first kappa shape index (κ1) is 11.8. The highest BCUT2D eigenvalue weighted by Crippen LogP contribution is 2.22. The third-order valence-corrected chi connectivity index (χ3v) is 2.94. The number of nitrogens with zero attached hydrogens (tertiary/aromatic N) is 2. The third-order valence-electron chi connectivity index (χ3n) is 2.94. The lowest BCUT2D eigenvalue weighted by molar-refractivity contribution is -0.385. The van der Waals surface area contributed by atoms with E-state index in [0.29, 0.717) is 5.88 Å². The van der Waals surface area contributed by atoms with E-state index < -0.39 is 4.92 Å². The maximum Gasteiger partial charge on any atom is 0.287 e. The van der Waals surface area contributed by atoms with E-state index in [-0.39, 0.29) is 17.8 Å². The monoisotopic (exact) mass is 237 g/mol. The van der Waals surface area contributed by atoms with Crippen LogP contribution in [0.15, 0.2) is 18.3 Å². The molecule has 0 saturated heterocycles. The van der Waals surface area contributed by atoms with Crippen molar-refractivity contribution in [3.63, 3.8) is 0 Å². The number of rotatable bonds is 3. The molecule has 17 heavy (non-hydrogen) atoms. The van der Waals surface area contributed by atoms with Crippen molar-refractivity contribution in [3.8, 4) is 5.88 Å². The highest BCUT2D eigenvalue weighted by atomic mass is 16.6. The van der Waals surface area contributed by atoms with Crippen molar-refractivity contribution < 1.29 is 9.66 Å². The van der Waals surface area contributed by atoms with Crippen molar-refractivity contribution in [2.75, 3.05) is 0 Å². The van der Waals surface area contributed by atoms with Crippen LogP contribution in [0.4, 0.5) is 5.69 Å². The molecule has 1 saturated carbocycles. The van der Waals surface area contributed by atoms with E-state index in [1.54, 1.807) is 0 Å². The second-order valence-electron chi connectivity index (χ2n) is 4.27. The molecule has 1 heterocycles. The second-order valence-corrected chi connectivity index (χ2v) is 4.27. The molecule has 92 valence electrons. The molecular weight excluding hydrogens is 222 g/mol. The van der Waals surface area contributed by atoms with Crippen LogP contribution in [0.2, 0.25) is 0 Å². The minimum atomic E-state index is -0.476. The van der Waals surface area contributed by atoms with Crippen LogP contribution in [-0.4, -0.2) is 22.1 Å². The molecular formula is C11H15N3O3. The van der Waals surface area contributed by atoms with Crippen LogP contribution in [0.5, 0.6) is 5.88 Å². The van der Waals surface area contributed by atoms with Crippen LogP contribution in [0.1, 0.15) is 25.7 Å². The number of hydrogen-bond donors (Lipinski definition) is 1. The SMILES string of the molecule is N[C@H]1CC[C@H](Oc2ccc([N+](=O)[O-])cn2)CC1. The first-order valence-corrected chi connectivity index (χ1v) is 5.68. The highest BCUT2D eigenvalue weighted by molar-refractivity contribution is 5.28. The van der Waals surface area contributed by atoms with E-state index in [2.05, 4.69) is 4.98 Å². The number of nitrogens with two attached hydrogens (primary N) is 1. The summed E-state index contributed by atoms with van der Waals surface area (Å²) in [6, 6.07) is 3.21. The van der Waals surface area contributed by atoms with Gasteiger partial charge in [-0.1, -0.05) is 0 Å². The summed E-state index contributed by atoms with van der Waals surface area (Å²) >= 11 is 0. The molecule has 0 amide bonds. The van der Waals surface area contributed by atoms with E-state index in [1.165, 1.54) is 18.3 Å². The van der Waals surface area contributed by atoms with Gasteiger partial charge in [0, 0.05) is 18.2 Å². The Balaban J connectivity index is 1.92. The van der Waals surface area contributed by atoms with Gasteiger partial charge in [-0.2, -0.15) is 0 Å². The van der Waals surface area contributed by atoms with Crippen LogP contribution < -0.4 is 10.5 Å². The largest absolute Gasteiger partial charge is 0.474 e. The van der Waals surface area contributed by atoms with Crippen LogP contribution >= 0.6 is 0 Å². The molecule has 1 fully saturated rings. The lowest BCUT2D eigenvalue weighted by Gasteiger charge is -2.26. The molecule has 0 aromatic carbocycles. The number of pyridine rings is 1. The summed E-state index contributed by atoms with van der Waals surface area (Å²) in [5.41, 5.74) is 5.77. The molecule has 1 aliphatic rings. The van der Waals surface area contributed by atoms with Gasteiger partial charge in [0.1, 0.15) is 12.3 Å². The molecule has 0 atom stereocenters. The second kappa shape index (κ2) is 5.09. The summed E-state index contributed by atoms with van der Waals surface area (Å²) in [5, 5.41) is 10.4. The molecule has 0 aliphatic heterocycles. The van der Waals surface area contributed by atoms with Crippen molar-refractivity contribution in [1.82, 2.24) is 4.98 Å². The van der Waals surface area contributed by atoms with Crippen LogP contribution in [0.25, 0.3) is 0 Å². The Hall–Kier alpha value is -1.69. The summed E-state index contributed by atoms with van der Waals surface area (Å²) in [5.74, 6) is 0.441. The van der Waals surface area contributed by atoms with E-state index >= 15 is 0 Å². The minimum Gasteiger partial charge on any atom is -0.474 e. The molecule has 1 aromatic heterocycles. The average molecular weight is 237 g/mol. The minimum absolute atomic E-state index is 0.0250. The fourth-order valence-electron chi connectivity index (χ4n) is 1.93. The molecule has 6 nitrogen and oxygen atoms in total. The predicted octanol–water partition coefficient (Wildman–Crippen LogP) is 1.64. The lowest BCUT2D eigenvalue weighted by Crippen LogP contribution is -2.31. The van der Waals surface area contributed by atoms with Gasteiger partial charge in [-0.15, -0.1) is 0 Å². The first-order valence-electron chi connectivity index (χ1n) is 5.68. The summed E-state index contributed by atoms with van der Waals surface area (Å²) < 4.78 is 5.65. The average Bonchev–Trinajstić information content (AvgIpc) is 2.33. The fourth-order valence-corrected chi connectivity index (χ4v) is 1.93. The van der Waals surface area contributed by atoms with Gasteiger partial charge in [-0.3, -0.25) is 10.1 Å². The van der Waals surface area contributed by atoms with Crippen molar-refractivity contribution >= 4 is 5.69 Å². The van der Waals surface area contributed by atoms with Crippen molar-refractivity contribution in [2.24, 2.45) is 5.73 Å². The number of nitro groups is 1. The van der Waals surface area contributed by atoms with Gasteiger partial charge in [0.05, 0.1) is 4.92 Å². The highest BCUT2D eigenvalue weighted by Gasteiger charge is 2.20. The molecule has 6 heteroatoms. The van der Waals surface area contributed by atoms with Crippen molar-refractivity contribution in [2.45, 2.75) is 37.8 Å². The molecule has 0 bridgehead atoms. The Kier molecular flexibility index (Phi) is 3.53. The van der Waals surface area contributed by atoms with Gasteiger partial charge in [-0.05, 0) is 25.7 Å². The Morgan fingerprint density at radius 3 is 2.59 bits per heavy atom. The molecule has 1 aromatic rings. The quantitative estimate of drug-likeness (QED) is 0.637. The van der Waals surface area contributed by atoms with Crippen molar-refractivity contribution in [1.29, 1.82) is 0 Å². The summed E-state index contributed by atoms with van der Waals surface area (Å²) in [6.07, 6.45) is 5.09. The van der Waals surface area contributed by atoms with Crippen LogP contribution in [-0.2, 0) is 0 Å². The molecule has 2 N–H and O–H groups in total. The normalized spacial score (nSPS) is 24.3. The Morgan fingerprint density at radius 1 is 1.35 bits per heavy atom. The number of aromatic nitrogens is 1. The predicted molar refractivity (Wildman–Crippen MR) is 61.8 cm³/mol. The van der Waals surface area contributed by atoms with Gasteiger partial charge < -0.3 is 10.5 Å². The van der Waals surface area contributed by atoms with E-state index in [1.807, 2.05) is 0 Å². The Bertz CT molecular complexity index is 385. The maximum absolute atomic E-state index is 10.4. The molecule has 1 aliphatic carbocycles.